The van der Waals surface area contributed by atoms with Crippen molar-refractivity contribution in [2.45, 2.75) is 36.3 Å². The summed E-state index contributed by atoms with van der Waals surface area (Å²) in [6.45, 7) is 1.98. The minimum Gasteiger partial charge on any atom is -0.384 e. The number of aryl methyl sites for hydroxylation is 1. The number of allylic oxidation sites excluding steroid dienone is 3. The van der Waals surface area contributed by atoms with Gasteiger partial charge in [0, 0.05) is 33.7 Å². The Balaban J connectivity index is 2.03. The molecule has 164 valence electrons. The van der Waals surface area contributed by atoms with Crippen LogP contribution in [0.3, 0.4) is 0 Å². The summed E-state index contributed by atoms with van der Waals surface area (Å²) in [5.74, 6) is -0.542. The molecule has 0 bridgehead atoms. The van der Waals surface area contributed by atoms with Crippen LogP contribution in [0, 0.1) is 28.4 Å². The summed E-state index contributed by atoms with van der Waals surface area (Å²) >= 11 is 9.18. The fourth-order valence-electron chi connectivity index (χ4n) is 4.38. The summed E-state index contributed by atoms with van der Waals surface area (Å²) < 4.78 is 1.02. The fourth-order valence-corrected chi connectivity index (χ4v) is 6.46. The van der Waals surface area contributed by atoms with Crippen LogP contribution in [0.5, 0.6) is 0 Å². The van der Waals surface area contributed by atoms with Crippen molar-refractivity contribution in [1.82, 2.24) is 0 Å². The van der Waals surface area contributed by atoms with Gasteiger partial charge in [-0.15, -0.1) is 23.1 Å². The second-order valence-corrected chi connectivity index (χ2v) is 10.3. The molecular formula is C22H19ClN4O3S2. The number of anilines is 1. The Morgan fingerprint density at radius 3 is 2.78 bits per heavy atom. The van der Waals surface area contributed by atoms with Gasteiger partial charge in [0.1, 0.15) is 11.5 Å². The van der Waals surface area contributed by atoms with E-state index in [0.29, 0.717) is 30.5 Å². The third-order valence-corrected chi connectivity index (χ3v) is 8.09. The van der Waals surface area contributed by atoms with E-state index in [1.165, 1.54) is 23.1 Å². The van der Waals surface area contributed by atoms with Crippen LogP contribution in [0.1, 0.15) is 35.6 Å². The Hall–Kier alpha value is -2.80. The van der Waals surface area contributed by atoms with Crippen molar-refractivity contribution in [1.29, 1.82) is 5.26 Å². The molecule has 1 aliphatic carbocycles. The third kappa shape index (κ3) is 3.58. The quantitative estimate of drug-likeness (QED) is 0.337. The highest BCUT2D eigenvalue weighted by atomic mass is 35.5. The van der Waals surface area contributed by atoms with Crippen molar-refractivity contribution in [2.75, 3.05) is 11.2 Å². The second-order valence-electron chi connectivity index (χ2n) is 7.51. The largest absolute Gasteiger partial charge is 0.384 e. The summed E-state index contributed by atoms with van der Waals surface area (Å²) in [6, 6.07) is 8.50. The maximum atomic E-state index is 13.2. The van der Waals surface area contributed by atoms with E-state index >= 15 is 0 Å². The van der Waals surface area contributed by atoms with Crippen LogP contribution >= 0.6 is 34.7 Å². The minimum absolute atomic E-state index is 0.0611. The number of benzene rings is 1. The molecule has 0 spiro atoms. The summed E-state index contributed by atoms with van der Waals surface area (Å²) in [7, 11) is 0. The van der Waals surface area contributed by atoms with E-state index < -0.39 is 10.8 Å². The van der Waals surface area contributed by atoms with Crippen molar-refractivity contribution in [3.8, 4) is 6.07 Å². The number of halogens is 1. The van der Waals surface area contributed by atoms with Crippen LogP contribution in [0.2, 0.25) is 5.02 Å². The molecular weight excluding hydrogens is 468 g/mol. The molecule has 7 nitrogen and oxygen atoms in total. The van der Waals surface area contributed by atoms with E-state index in [2.05, 4.69) is 6.07 Å². The molecule has 2 aliphatic rings. The SMILES string of the molecule is CSc1sc(C)cc1[C@H]1C(C#N)=C(N)N(c2ccc(Cl)cc2[N+](=O)[O-])C2=C1C(=O)CCC2. The number of thiophene rings is 1. The van der Waals surface area contributed by atoms with E-state index in [4.69, 9.17) is 17.3 Å². The number of nitro benzene ring substituents is 1. The first-order chi connectivity index (χ1) is 15.3. The van der Waals surface area contributed by atoms with Crippen LogP contribution in [0.4, 0.5) is 11.4 Å². The molecule has 2 heterocycles. The first kappa shape index (κ1) is 22.4. The molecule has 0 saturated heterocycles. The number of carbonyl (C=O) groups is 1. The van der Waals surface area contributed by atoms with Gasteiger partial charge in [0.05, 0.1) is 26.7 Å². The second kappa shape index (κ2) is 8.62. The molecule has 2 aromatic rings. The number of nitriles is 1. The molecule has 0 saturated carbocycles. The molecule has 0 unspecified atom stereocenters. The highest BCUT2D eigenvalue weighted by Crippen LogP contribution is 2.50. The number of rotatable bonds is 4. The fraction of sp³-hybridized carbons (Fsp3) is 0.273. The van der Waals surface area contributed by atoms with Gasteiger partial charge in [-0.3, -0.25) is 19.8 Å². The van der Waals surface area contributed by atoms with Gasteiger partial charge in [0.2, 0.25) is 0 Å². The molecule has 1 aromatic heterocycles. The molecule has 32 heavy (non-hydrogen) atoms. The van der Waals surface area contributed by atoms with E-state index in [9.17, 15) is 20.2 Å². The Labute approximate surface area is 198 Å². The number of carbonyl (C=O) groups excluding carboxylic acids is 1. The molecule has 1 atom stereocenters. The molecule has 2 N–H and O–H groups in total. The van der Waals surface area contributed by atoms with E-state index in [1.54, 1.807) is 23.1 Å². The molecule has 1 aliphatic heterocycles. The maximum Gasteiger partial charge on any atom is 0.294 e. The van der Waals surface area contributed by atoms with Gasteiger partial charge in [0.25, 0.3) is 5.69 Å². The van der Waals surface area contributed by atoms with Gasteiger partial charge in [0.15, 0.2) is 5.78 Å². The van der Waals surface area contributed by atoms with Gasteiger partial charge < -0.3 is 5.73 Å². The first-order valence-electron chi connectivity index (χ1n) is 9.82. The highest BCUT2D eigenvalue weighted by Gasteiger charge is 2.42. The normalized spacial score (nSPS) is 18.6. The summed E-state index contributed by atoms with van der Waals surface area (Å²) in [4.78, 5) is 27.0. The number of nitro groups is 1. The zero-order valence-corrected chi connectivity index (χ0v) is 19.7. The average molecular weight is 487 g/mol. The highest BCUT2D eigenvalue weighted by molar-refractivity contribution is 8.00. The van der Waals surface area contributed by atoms with Crippen molar-refractivity contribution in [2.24, 2.45) is 5.73 Å². The number of ketones is 1. The topological polar surface area (TPSA) is 113 Å². The maximum absolute atomic E-state index is 13.2. The lowest BCUT2D eigenvalue weighted by Gasteiger charge is -2.39. The lowest BCUT2D eigenvalue weighted by molar-refractivity contribution is -0.384. The van der Waals surface area contributed by atoms with Gasteiger partial charge in [-0.25, -0.2) is 0 Å². The average Bonchev–Trinajstić information content (AvgIpc) is 3.13. The van der Waals surface area contributed by atoms with Crippen molar-refractivity contribution in [3.05, 3.63) is 72.5 Å². The number of nitrogens with zero attached hydrogens (tertiary/aromatic N) is 3. The van der Waals surface area contributed by atoms with Crippen LogP contribution in [0.25, 0.3) is 0 Å². The van der Waals surface area contributed by atoms with Gasteiger partial charge in [-0.2, -0.15) is 5.26 Å². The van der Waals surface area contributed by atoms with Gasteiger partial charge in [-0.05, 0) is 49.8 Å². The van der Waals surface area contributed by atoms with Crippen LogP contribution < -0.4 is 10.6 Å². The van der Waals surface area contributed by atoms with Crippen LogP contribution in [0.15, 0.2) is 51.1 Å². The minimum atomic E-state index is -0.585. The molecule has 1 aromatic carbocycles. The first-order valence-corrected chi connectivity index (χ1v) is 12.2. The summed E-state index contributed by atoms with van der Waals surface area (Å²) in [5, 5.41) is 22.1. The molecule has 10 heteroatoms. The Morgan fingerprint density at radius 1 is 1.38 bits per heavy atom. The Morgan fingerprint density at radius 2 is 2.12 bits per heavy atom. The number of hydrogen-bond acceptors (Lipinski definition) is 8. The van der Waals surface area contributed by atoms with Gasteiger partial charge >= 0.3 is 0 Å². The summed E-state index contributed by atoms with van der Waals surface area (Å²) in [6.07, 6.45) is 3.45. The smallest absolute Gasteiger partial charge is 0.294 e. The number of nitrogens with two attached hydrogens (primary N) is 1. The lowest BCUT2D eigenvalue weighted by atomic mass is 9.76. The van der Waals surface area contributed by atoms with Gasteiger partial charge in [-0.1, -0.05) is 11.6 Å². The van der Waals surface area contributed by atoms with E-state index in [0.717, 1.165) is 14.6 Å². The van der Waals surface area contributed by atoms with E-state index in [1.807, 2.05) is 19.2 Å². The number of thioether (sulfide) groups is 1. The standard InChI is InChI=1S/C22H19ClN4O3S2/c1-11-8-13(22(31-2)32-11)19-14(10-24)21(25)26(16-4-3-5-18(28)20(16)19)15-7-6-12(23)9-17(15)27(29)30/h6-9,19H,3-5,25H2,1-2H3/t19-/m0/s1. The zero-order valence-electron chi connectivity index (χ0n) is 17.3. The van der Waals surface area contributed by atoms with Crippen LogP contribution in [-0.2, 0) is 4.79 Å². The van der Waals surface area contributed by atoms with E-state index in [-0.39, 0.29) is 33.6 Å². The monoisotopic (exact) mass is 486 g/mol. The zero-order chi connectivity index (χ0) is 23.2. The predicted molar refractivity (Wildman–Crippen MR) is 127 cm³/mol. The lowest BCUT2D eigenvalue weighted by Crippen LogP contribution is -2.39. The Kier molecular flexibility index (Phi) is 6.03. The number of hydrogen-bond donors (Lipinski definition) is 1. The van der Waals surface area contributed by atoms with Crippen molar-refractivity contribution >= 4 is 51.9 Å². The summed E-state index contributed by atoms with van der Waals surface area (Å²) in [5.41, 5.74) is 8.70. The predicted octanol–water partition coefficient (Wildman–Crippen LogP) is 5.64. The molecule has 0 fully saturated rings. The van der Waals surface area contributed by atoms with Crippen LogP contribution in [-0.4, -0.2) is 17.0 Å². The van der Waals surface area contributed by atoms with Crippen molar-refractivity contribution < 1.29 is 9.72 Å². The molecule has 0 amide bonds. The third-order valence-electron chi connectivity index (χ3n) is 5.63. The Bertz CT molecular complexity index is 1260. The van der Waals surface area contributed by atoms with Crippen molar-refractivity contribution in [3.63, 3.8) is 0 Å². The molecule has 4 rings (SSSR count). The number of Topliss-reactive ketones (excluding diaryl/α,β-unsaturated/α-hetero) is 1. The molecule has 0 radical (unpaired) electrons.